The van der Waals surface area contributed by atoms with Gasteiger partial charge in [0.25, 0.3) is 0 Å². The van der Waals surface area contributed by atoms with Gasteiger partial charge in [0.15, 0.2) is 0 Å². The lowest BCUT2D eigenvalue weighted by atomic mass is 9.92. The van der Waals surface area contributed by atoms with Crippen LogP contribution in [0, 0.1) is 11.8 Å². The van der Waals surface area contributed by atoms with Gasteiger partial charge >= 0.3 is 0 Å². The molecule has 2 fully saturated rings. The smallest absolute Gasteiger partial charge is 0.245 e. The number of unbranched alkanes of at least 4 members (excludes halogenated alkanes) is 1. The number of carbonyl (C=O) groups is 3. The van der Waals surface area contributed by atoms with Crippen LogP contribution in [0.1, 0.15) is 65.7 Å². The third-order valence-electron chi connectivity index (χ3n) is 5.94. The van der Waals surface area contributed by atoms with Crippen molar-refractivity contribution in [3.05, 3.63) is 0 Å². The first-order valence-corrected chi connectivity index (χ1v) is 10.9. The van der Waals surface area contributed by atoms with Gasteiger partial charge in [0.1, 0.15) is 6.04 Å². The molecular weight excluding hydrogens is 356 g/mol. The normalized spacial score (nSPS) is 22.6. The second-order valence-corrected chi connectivity index (χ2v) is 8.77. The standard InChI is InChI=1S/C21H38N4O3/c1-4-5-6-18(25-12-9-23-17(20(25)27)13-15(2)3)21(28)24-10-7-16(8-11-24)14-19(22)26/h15-18,23H,4-14H2,1-3H3,(H2,22,26). The summed E-state index contributed by atoms with van der Waals surface area (Å²) in [5.74, 6) is 0.568. The van der Waals surface area contributed by atoms with Crippen molar-refractivity contribution < 1.29 is 14.4 Å². The molecule has 2 unspecified atom stereocenters. The highest BCUT2D eigenvalue weighted by molar-refractivity contribution is 5.90. The molecule has 7 nitrogen and oxygen atoms in total. The van der Waals surface area contributed by atoms with E-state index in [2.05, 4.69) is 26.1 Å². The molecule has 0 spiro atoms. The monoisotopic (exact) mass is 394 g/mol. The van der Waals surface area contributed by atoms with Gasteiger partial charge in [0.2, 0.25) is 17.7 Å². The number of piperidine rings is 1. The van der Waals surface area contributed by atoms with E-state index in [1.165, 1.54) is 0 Å². The van der Waals surface area contributed by atoms with Crippen molar-refractivity contribution in [2.45, 2.75) is 77.8 Å². The predicted octanol–water partition coefficient (Wildman–Crippen LogP) is 1.51. The zero-order chi connectivity index (χ0) is 20.7. The number of hydrogen-bond donors (Lipinski definition) is 2. The minimum atomic E-state index is -0.364. The highest BCUT2D eigenvalue weighted by Crippen LogP contribution is 2.24. The van der Waals surface area contributed by atoms with Crippen molar-refractivity contribution >= 4 is 17.7 Å². The van der Waals surface area contributed by atoms with E-state index in [1.807, 2.05) is 9.80 Å². The van der Waals surface area contributed by atoms with Gasteiger partial charge in [-0.25, -0.2) is 0 Å². The molecular formula is C21H38N4O3. The van der Waals surface area contributed by atoms with Crippen molar-refractivity contribution in [3.63, 3.8) is 0 Å². The Kier molecular flexibility index (Phi) is 8.73. The van der Waals surface area contributed by atoms with Gasteiger partial charge in [0.05, 0.1) is 6.04 Å². The summed E-state index contributed by atoms with van der Waals surface area (Å²) >= 11 is 0. The molecule has 28 heavy (non-hydrogen) atoms. The quantitative estimate of drug-likeness (QED) is 0.619. The molecule has 2 atom stereocenters. The van der Waals surface area contributed by atoms with Crippen LogP contribution in [0.4, 0.5) is 0 Å². The summed E-state index contributed by atoms with van der Waals surface area (Å²) < 4.78 is 0. The SMILES string of the molecule is CCCCC(C(=O)N1CCC(CC(N)=O)CC1)N1CCNC(CC(C)C)C1=O. The maximum Gasteiger partial charge on any atom is 0.245 e. The molecule has 0 aromatic heterocycles. The van der Waals surface area contributed by atoms with E-state index in [1.54, 1.807) is 0 Å². The number of carbonyl (C=O) groups excluding carboxylic acids is 3. The van der Waals surface area contributed by atoms with Crippen LogP contribution < -0.4 is 11.1 Å². The molecule has 2 heterocycles. The summed E-state index contributed by atoms with van der Waals surface area (Å²) in [4.78, 5) is 41.3. The lowest BCUT2D eigenvalue weighted by Gasteiger charge is -2.41. The molecule has 2 aliphatic heterocycles. The fourth-order valence-corrected chi connectivity index (χ4v) is 4.38. The Bertz CT molecular complexity index is 544. The molecule has 2 aliphatic rings. The number of amides is 3. The first kappa shape index (κ1) is 22.7. The van der Waals surface area contributed by atoms with E-state index < -0.39 is 0 Å². The summed E-state index contributed by atoms with van der Waals surface area (Å²) in [5.41, 5.74) is 5.31. The van der Waals surface area contributed by atoms with Crippen LogP contribution in [0.15, 0.2) is 0 Å². The Morgan fingerprint density at radius 1 is 1.21 bits per heavy atom. The number of piperazine rings is 1. The molecule has 7 heteroatoms. The summed E-state index contributed by atoms with van der Waals surface area (Å²) in [5, 5.41) is 3.32. The van der Waals surface area contributed by atoms with Crippen molar-refractivity contribution in [1.29, 1.82) is 0 Å². The van der Waals surface area contributed by atoms with Crippen LogP contribution in [-0.2, 0) is 14.4 Å². The fourth-order valence-electron chi connectivity index (χ4n) is 4.38. The minimum absolute atomic E-state index is 0.0676. The number of nitrogens with two attached hydrogens (primary N) is 1. The van der Waals surface area contributed by atoms with E-state index in [0.29, 0.717) is 32.0 Å². The average molecular weight is 395 g/mol. The van der Waals surface area contributed by atoms with Crippen molar-refractivity contribution in [2.24, 2.45) is 17.6 Å². The van der Waals surface area contributed by atoms with Gasteiger partial charge in [-0.3, -0.25) is 14.4 Å². The van der Waals surface area contributed by atoms with E-state index in [9.17, 15) is 14.4 Å². The molecule has 0 aliphatic carbocycles. The summed E-state index contributed by atoms with van der Waals surface area (Å²) in [6, 6.07) is -0.552. The van der Waals surface area contributed by atoms with Crippen LogP contribution in [0.3, 0.4) is 0 Å². The highest BCUT2D eigenvalue weighted by atomic mass is 16.2. The Morgan fingerprint density at radius 3 is 2.46 bits per heavy atom. The molecule has 0 aromatic rings. The van der Waals surface area contributed by atoms with Crippen LogP contribution in [-0.4, -0.2) is 65.8 Å². The molecule has 160 valence electrons. The fraction of sp³-hybridized carbons (Fsp3) is 0.857. The topological polar surface area (TPSA) is 95.7 Å². The molecule has 0 radical (unpaired) electrons. The molecule has 3 amide bonds. The summed E-state index contributed by atoms with van der Waals surface area (Å²) in [7, 11) is 0. The van der Waals surface area contributed by atoms with Gasteiger partial charge in [-0.05, 0) is 37.5 Å². The third-order valence-corrected chi connectivity index (χ3v) is 5.94. The summed E-state index contributed by atoms with van der Waals surface area (Å²) in [6.45, 7) is 8.96. The molecule has 2 rings (SSSR count). The van der Waals surface area contributed by atoms with E-state index in [4.69, 9.17) is 5.73 Å². The lowest BCUT2D eigenvalue weighted by molar-refractivity contribution is -0.150. The van der Waals surface area contributed by atoms with Crippen LogP contribution >= 0.6 is 0 Å². The average Bonchev–Trinajstić information content (AvgIpc) is 2.64. The zero-order valence-corrected chi connectivity index (χ0v) is 17.8. The van der Waals surface area contributed by atoms with Crippen molar-refractivity contribution in [3.8, 4) is 0 Å². The zero-order valence-electron chi connectivity index (χ0n) is 17.8. The first-order valence-electron chi connectivity index (χ1n) is 10.9. The Labute approximate surface area is 169 Å². The van der Waals surface area contributed by atoms with Crippen LogP contribution in [0.2, 0.25) is 0 Å². The van der Waals surface area contributed by atoms with Crippen molar-refractivity contribution in [2.75, 3.05) is 26.2 Å². The van der Waals surface area contributed by atoms with E-state index >= 15 is 0 Å². The first-order chi connectivity index (χ1) is 13.3. The van der Waals surface area contributed by atoms with Gasteiger partial charge in [0, 0.05) is 32.6 Å². The Hall–Kier alpha value is -1.63. The van der Waals surface area contributed by atoms with Gasteiger partial charge in [-0.15, -0.1) is 0 Å². The predicted molar refractivity (Wildman–Crippen MR) is 109 cm³/mol. The minimum Gasteiger partial charge on any atom is -0.370 e. The number of primary amides is 1. The highest BCUT2D eigenvalue weighted by Gasteiger charge is 2.38. The Balaban J connectivity index is 2.04. The van der Waals surface area contributed by atoms with E-state index in [0.717, 1.165) is 45.1 Å². The second kappa shape index (κ2) is 10.8. The number of hydrogen-bond acceptors (Lipinski definition) is 4. The van der Waals surface area contributed by atoms with Gasteiger partial charge < -0.3 is 20.9 Å². The molecule has 2 saturated heterocycles. The number of nitrogens with one attached hydrogen (secondary N) is 1. The number of rotatable bonds is 9. The molecule has 0 bridgehead atoms. The van der Waals surface area contributed by atoms with Crippen LogP contribution in [0.5, 0.6) is 0 Å². The lowest BCUT2D eigenvalue weighted by Crippen LogP contribution is -2.62. The molecule has 0 saturated carbocycles. The maximum atomic E-state index is 13.3. The third kappa shape index (κ3) is 6.19. The van der Waals surface area contributed by atoms with Gasteiger partial charge in [-0.1, -0.05) is 33.6 Å². The van der Waals surface area contributed by atoms with Crippen LogP contribution in [0.25, 0.3) is 0 Å². The number of likely N-dealkylation sites (tertiary alicyclic amines) is 1. The van der Waals surface area contributed by atoms with Gasteiger partial charge in [-0.2, -0.15) is 0 Å². The second-order valence-electron chi connectivity index (χ2n) is 8.77. The van der Waals surface area contributed by atoms with E-state index in [-0.39, 0.29) is 35.7 Å². The largest absolute Gasteiger partial charge is 0.370 e. The van der Waals surface area contributed by atoms with Crippen molar-refractivity contribution in [1.82, 2.24) is 15.1 Å². The molecule has 0 aromatic carbocycles. The molecule has 3 N–H and O–H groups in total. The Morgan fingerprint density at radius 2 is 1.89 bits per heavy atom. The maximum absolute atomic E-state index is 13.3. The summed E-state index contributed by atoms with van der Waals surface area (Å²) in [6.07, 6.45) is 5.45. The number of nitrogens with zero attached hydrogens (tertiary/aromatic N) is 2.